The van der Waals surface area contributed by atoms with Gasteiger partial charge in [0.15, 0.2) is 0 Å². The van der Waals surface area contributed by atoms with E-state index in [-0.39, 0.29) is 12.1 Å². The maximum Gasteiger partial charge on any atom is 0.416 e. The Labute approximate surface area is 167 Å². The fourth-order valence-electron chi connectivity index (χ4n) is 2.59. The van der Waals surface area contributed by atoms with Crippen LogP contribution in [-0.2, 0) is 15.8 Å². The Morgan fingerprint density at radius 3 is 2.68 bits per heavy atom. The molecule has 0 spiro atoms. The van der Waals surface area contributed by atoms with E-state index in [1.54, 1.807) is 12.1 Å². The molecule has 0 fully saturated rings. The molecule has 0 bridgehead atoms. The molecule has 1 heterocycles. The zero-order chi connectivity index (χ0) is 20.5. The lowest BCUT2D eigenvalue weighted by Crippen LogP contribution is -2.32. The standard InChI is InChI=1S/C18H14ClF3N2O3S/c1-27-13-4-3-10(7-11(13)19)23-16(25)8-15-17(26)24-12-6-9(18(20,21)22)2-5-14(12)28-15/h2-7,15H,8H2,1H3,(H,23,25)(H,24,26). The van der Waals surface area contributed by atoms with Crippen LogP contribution in [0.25, 0.3) is 0 Å². The lowest BCUT2D eigenvalue weighted by atomic mass is 10.1. The minimum Gasteiger partial charge on any atom is -0.495 e. The van der Waals surface area contributed by atoms with Crippen molar-refractivity contribution in [3.05, 3.63) is 47.0 Å². The molecule has 0 saturated carbocycles. The minimum absolute atomic E-state index is 0.0865. The second kappa shape index (κ2) is 7.92. The first-order valence-corrected chi connectivity index (χ1v) is 9.25. The van der Waals surface area contributed by atoms with Gasteiger partial charge in [0.2, 0.25) is 11.8 Å². The molecule has 0 radical (unpaired) electrons. The fraction of sp³-hybridized carbons (Fsp3) is 0.222. The van der Waals surface area contributed by atoms with Crippen LogP contribution < -0.4 is 15.4 Å². The summed E-state index contributed by atoms with van der Waals surface area (Å²) in [5.74, 6) is -0.499. The number of rotatable bonds is 4. The zero-order valence-electron chi connectivity index (χ0n) is 14.4. The van der Waals surface area contributed by atoms with Gasteiger partial charge in [-0.25, -0.2) is 0 Å². The van der Waals surface area contributed by atoms with Crippen molar-refractivity contribution in [2.24, 2.45) is 0 Å². The minimum atomic E-state index is -4.50. The highest BCUT2D eigenvalue weighted by Gasteiger charge is 2.34. The number of amides is 2. The van der Waals surface area contributed by atoms with Crippen LogP contribution in [0.1, 0.15) is 12.0 Å². The van der Waals surface area contributed by atoms with Gasteiger partial charge in [0.25, 0.3) is 0 Å². The predicted octanol–water partition coefficient (Wildman–Crippen LogP) is 4.81. The summed E-state index contributed by atoms with van der Waals surface area (Å²) in [6.07, 6.45) is -4.65. The Bertz CT molecular complexity index is 937. The highest BCUT2D eigenvalue weighted by atomic mass is 35.5. The first-order chi connectivity index (χ1) is 13.2. The van der Waals surface area contributed by atoms with Gasteiger partial charge in [0.1, 0.15) is 5.75 Å². The quantitative estimate of drug-likeness (QED) is 0.730. The third-order valence-electron chi connectivity index (χ3n) is 3.93. The number of carbonyl (C=O) groups excluding carboxylic acids is 2. The van der Waals surface area contributed by atoms with Crippen LogP contribution >= 0.6 is 23.4 Å². The molecule has 148 valence electrons. The van der Waals surface area contributed by atoms with Crippen LogP contribution in [0.2, 0.25) is 5.02 Å². The second-order valence-electron chi connectivity index (χ2n) is 5.91. The third-order valence-corrected chi connectivity index (χ3v) is 5.50. The average molecular weight is 431 g/mol. The van der Waals surface area contributed by atoms with Crippen molar-refractivity contribution in [1.82, 2.24) is 0 Å². The van der Waals surface area contributed by atoms with Crippen LogP contribution in [0.4, 0.5) is 24.5 Å². The van der Waals surface area contributed by atoms with Gasteiger partial charge in [-0.1, -0.05) is 11.6 Å². The first-order valence-electron chi connectivity index (χ1n) is 7.99. The predicted molar refractivity (Wildman–Crippen MR) is 101 cm³/mol. The number of ether oxygens (including phenoxy) is 1. The Morgan fingerprint density at radius 2 is 2.04 bits per heavy atom. The molecule has 2 aromatic carbocycles. The number of fused-ring (bicyclic) bond motifs is 1. The molecule has 10 heteroatoms. The first kappa shape index (κ1) is 20.3. The summed E-state index contributed by atoms with van der Waals surface area (Å²) >= 11 is 7.05. The van der Waals surface area contributed by atoms with Crippen molar-refractivity contribution < 1.29 is 27.5 Å². The van der Waals surface area contributed by atoms with Crippen molar-refractivity contribution >= 4 is 46.6 Å². The van der Waals surface area contributed by atoms with E-state index in [9.17, 15) is 22.8 Å². The van der Waals surface area contributed by atoms with E-state index in [4.69, 9.17) is 16.3 Å². The smallest absolute Gasteiger partial charge is 0.416 e. The molecule has 1 unspecified atom stereocenters. The molecule has 1 aliphatic rings. The van der Waals surface area contributed by atoms with Crippen molar-refractivity contribution in [3.63, 3.8) is 0 Å². The molecule has 5 nitrogen and oxygen atoms in total. The summed E-state index contributed by atoms with van der Waals surface area (Å²) in [5, 5.41) is 4.63. The number of halogens is 4. The van der Waals surface area contributed by atoms with Crippen LogP contribution in [0.5, 0.6) is 5.75 Å². The largest absolute Gasteiger partial charge is 0.495 e. The zero-order valence-corrected chi connectivity index (χ0v) is 16.0. The molecule has 0 saturated heterocycles. The molecule has 2 aromatic rings. The van der Waals surface area contributed by atoms with Gasteiger partial charge in [-0.15, -0.1) is 11.8 Å². The number of methoxy groups -OCH3 is 1. The molecule has 1 aliphatic heterocycles. The maximum atomic E-state index is 12.8. The van der Waals surface area contributed by atoms with Crippen LogP contribution in [0.3, 0.4) is 0 Å². The van der Waals surface area contributed by atoms with Crippen molar-refractivity contribution in [3.8, 4) is 5.75 Å². The number of nitrogens with one attached hydrogen (secondary N) is 2. The van der Waals surface area contributed by atoms with Gasteiger partial charge in [-0.3, -0.25) is 9.59 Å². The summed E-state index contributed by atoms with van der Waals surface area (Å²) in [6, 6.07) is 7.82. The monoisotopic (exact) mass is 430 g/mol. The van der Waals surface area contributed by atoms with E-state index in [0.29, 0.717) is 21.4 Å². The lowest BCUT2D eigenvalue weighted by molar-refractivity contribution is -0.137. The molecule has 1 atom stereocenters. The summed E-state index contributed by atoms with van der Waals surface area (Å²) in [5.41, 5.74) is -0.324. The van der Waals surface area contributed by atoms with Gasteiger partial charge < -0.3 is 15.4 Å². The summed E-state index contributed by atoms with van der Waals surface area (Å²) < 4.78 is 43.4. The molecular formula is C18H14ClF3N2O3S. The van der Waals surface area contributed by atoms with E-state index in [1.165, 1.54) is 19.2 Å². The average Bonchev–Trinajstić information content (AvgIpc) is 2.61. The topological polar surface area (TPSA) is 67.4 Å². The number of hydrogen-bond acceptors (Lipinski definition) is 4. The number of hydrogen-bond donors (Lipinski definition) is 2. The molecule has 2 N–H and O–H groups in total. The van der Waals surface area contributed by atoms with Gasteiger partial charge in [0.05, 0.1) is 28.6 Å². The van der Waals surface area contributed by atoms with Gasteiger partial charge in [-0.2, -0.15) is 13.2 Å². The number of benzene rings is 2. The van der Waals surface area contributed by atoms with Gasteiger partial charge in [0, 0.05) is 17.0 Å². The summed E-state index contributed by atoms with van der Waals surface area (Å²) in [4.78, 5) is 24.9. The third kappa shape index (κ3) is 4.53. The van der Waals surface area contributed by atoms with Crippen LogP contribution in [0.15, 0.2) is 41.3 Å². The van der Waals surface area contributed by atoms with Crippen LogP contribution in [-0.4, -0.2) is 24.2 Å². The molecule has 3 rings (SSSR count). The van der Waals surface area contributed by atoms with E-state index < -0.39 is 28.8 Å². The molecule has 2 amide bonds. The van der Waals surface area contributed by atoms with E-state index in [0.717, 1.165) is 23.9 Å². The lowest BCUT2D eigenvalue weighted by Gasteiger charge is -2.24. The van der Waals surface area contributed by atoms with Crippen molar-refractivity contribution in [2.45, 2.75) is 22.7 Å². The van der Waals surface area contributed by atoms with E-state index in [1.807, 2.05) is 0 Å². The number of anilines is 2. The number of alkyl halides is 3. The Hall–Kier alpha value is -2.39. The highest BCUT2D eigenvalue weighted by Crippen LogP contribution is 2.40. The van der Waals surface area contributed by atoms with Gasteiger partial charge in [-0.05, 0) is 36.4 Å². The van der Waals surface area contributed by atoms with Gasteiger partial charge >= 0.3 is 6.18 Å². The molecule has 28 heavy (non-hydrogen) atoms. The van der Waals surface area contributed by atoms with E-state index in [2.05, 4.69) is 10.6 Å². The summed E-state index contributed by atoms with van der Waals surface area (Å²) in [6.45, 7) is 0. The summed E-state index contributed by atoms with van der Waals surface area (Å²) in [7, 11) is 1.47. The SMILES string of the molecule is COc1ccc(NC(=O)CC2Sc3ccc(C(F)(F)F)cc3NC2=O)cc1Cl. The molecular weight excluding hydrogens is 417 g/mol. The van der Waals surface area contributed by atoms with Crippen molar-refractivity contribution in [2.75, 3.05) is 17.7 Å². The number of carbonyl (C=O) groups is 2. The Kier molecular flexibility index (Phi) is 5.76. The normalized spacial score (nSPS) is 16.2. The van der Waals surface area contributed by atoms with Crippen LogP contribution in [0, 0.1) is 0 Å². The second-order valence-corrected chi connectivity index (χ2v) is 7.56. The Balaban J connectivity index is 1.68. The molecule has 0 aliphatic carbocycles. The molecule has 0 aromatic heterocycles. The number of thioether (sulfide) groups is 1. The Morgan fingerprint density at radius 1 is 1.29 bits per heavy atom. The van der Waals surface area contributed by atoms with Crippen molar-refractivity contribution in [1.29, 1.82) is 0 Å². The fourth-order valence-corrected chi connectivity index (χ4v) is 3.93. The maximum absolute atomic E-state index is 12.8. The highest BCUT2D eigenvalue weighted by molar-refractivity contribution is 8.01. The van der Waals surface area contributed by atoms with E-state index >= 15 is 0 Å².